The zero-order chi connectivity index (χ0) is 18.6. The third-order valence-corrected chi connectivity index (χ3v) is 5.28. The van der Waals surface area contributed by atoms with Crippen LogP contribution in [0.1, 0.15) is 41.7 Å². The summed E-state index contributed by atoms with van der Waals surface area (Å²) in [5.74, 6) is 0.704. The van der Waals surface area contributed by atoms with Crippen LogP contribution in [0.5, 0.6) is 11.5 Å². The quantitative estimate of drug-likeness (QED) is 0.752. The van der Waals surface area contributed by atoms with Crippen molar-refractivity contribution in [3.8, 4) is 11.5 Å². The molecule has 7 heteroatoms. The first kappa shape index (κ1) is 16.1. The molecule has 27 heavy (non-hydrogen) atoms. The predicted molar refractivity (Wildman–Crippen MR) is 100 cm³/mol. The van der Waals surface area contributed by atoms with E-state index < -0.39 is 5.79 Å². The highest BCUT2D eigenvalue weighted by atomic mass is 16.7. The molecule has 3 heterocycles. The Morgan fingerprint density at radius 1 is 1.19 bits per heavy atom. The van der Waals surface area contributed by atoms with Crippen LogP contribution in [0.3, 0.4) is 0 Å². The molecular formula is C20H20N4O3. The van der Waals surface area contributed by atoms with Gasteiger partial charge in [0.2, 0.25) is 0 Å². The Hall–Kier alpha value is -3.09. The smallest absolute Gasteiger partial charge is 0.257 e. The number of rotatable bonds is 2. The van der Waals surface area contributed by atoms with E-state index in [0.717, 1.165) is 48.2 Å². The van der Waals surface area contributed by atoms with Crippen molar-refractivity contribution in [3.63, 3.8) is 0 Å². The Bertz CT molecular complexity index is 1070. The maximum absolute atomic E-state index is 12.7. The third-order valence-electron chi connectivity index (χ3n) is 5.28. The molecule has 1 aliphatic heterocycles. The molecule has 0 saturated heterocycles. The summed E-state index contributed by atoms with van der Waals surface area (Å²) in [6, 6.07) is 7.32. The standard InChI is InChI=1S/C20H20N4O3/c1-12-15-9-13(11-21-18(15)24(2)23-12)19(25)22-14-5-6-16-17(10-14)27-20(26-16)7-3-4-8-20/h5-6,9-11H,3-4,7-8H2,1-2H3,(H,22,25). The minimum Gasteiger partial charge on any atom is -0.448 e. The second kappa shape index (κ2) is 5.70. The van der Waals surface area contributed by atoms with E-state index in [0.29, 0.717) is 17.0 Å². The number of ether oxygens (including phenoxy) is 2. The molecule has 1 fully saturated rings. The van der Waals surface area contributed by atoms with Crippen LogP contribution in [0.4, 0.5) is 5.69 Å². The molecule has 1 aromatic carbocycles. The Morgan fingerprint density at radius 2 is 1.96 bits per heavy atom. The number of amides is 1. The number of nitrogens with zero attached hydrogens (tertiary/aromatic N) is 3. The van der Waals surface area contributed by atoms with Gasteiger partial charge in [-0.1, -0.05) is 0 Å². The molecule has 3 aromatic rings. The lowest BCUT2D eigenvalue weighted by atomic mass is 10.2. The lowest BCUT2D eigenvalue weighted by molar-refractivity contribution is -0.0716. The van der Waals surface area contributed by atoms with Gasteiger partial charge in [0.1, 0.15) is 0 Å². The second-order valence-corrected chi connectivity index (χ2v) is 7.24. The van der Waals surface area contributed by atoms with E-state index in [-0.39, 0.29) is 5.91 Å². The van der Waals surface area contributed by atoms with Gasteiger partial charge >= 0.3 is 0 Å². The maximum atomic E-state index is 12.7. The molecule has 5 rings (SSSR count). The van der Waals surface area contributed by atoms with Crippen molar-refractivity contribution in [2.24, 2.45) is 7.05 Å². The first-order valence-electron chi connectivity index (χ1n) is 9.16. The molecule has 0 unspecified atom stereocenters. The van der Waals surface area contributed by atoms with Gasteiger partial charge in [0.15, 0.2) is 17.1 Å². The molecule has 2 aliphatic rings. The highest BCUT2D eigenvalue weighted by Gasteiger charge is 2.44. The number of pyridine rings is 1. The molecule has 2 aromatic heterocycles. The topological polar surface area (TPSA) is 78.3 Å². The summed E-state index contributed by atoms with van der Waals surface area (Å²) in [7, 11) is 1.84. The number of nitrogens with one attached hydrogen (secondary N) is 1. The molecule has 138 valence electrons. The minimum atomic E-state index is -0.502. The van der Waals surface area contributed by atoms with Gasteiger partial charge in [-0.3, -0.25) is 9.48 Å². The van der Waals surface area contributed by atoms with Gasteiger partial charge in [-0.25, -0.2) is 4.98 Å². The molecule has 1 spiro atoms. The van der Waals surface area contributed by atoms with Crippen molar-refractivity contribution in [1.82, 2.24) is 14.8 Å². The lowest BCUT2D eigenvalue weighted by Crippen LogP contribution is -2.34. The van der Waals surface area contributed by atoms with Crippen LogP contribution in [0.15, 0.2) is 30.5 Å². The second-order valence-electron chi connectivity index (χ2n) is 7.24. The van der Waals surface area contributed by atoms with Crippen molar-refractivity contribution >= 4 is 22.6 Å². The van der Waals surface area contributed by atoms with E-state index in [4.69, 9.17) is 9.47 Å². The molecule has 0 atom stereocenters. The van der Waals surface area contributed by atoms with Crippen molar-refractivity contribution < 1.29 is 14.3 Å². The van der Waals surface area contributed by atoms with E-state index in [1.165, 1.54) is 0 Å². The van der Waals surface area contributed by atoms with Crippen LogP contribution in [0.25, 0.3) is 11.0 Å². The summed E-state index contributed by atoms with van der Waals surface area (Å²) in [5, 5.41) is 8.13. The van der Waals surface area contributed by atoms with Crippen molar-refractivity contribution in [2.45, 2.75) is 38.4 Å². The number of anilines is 1. The van der Waals surface area contributed by atoms with Gasteiger partial charge in [-0.05, 0) is 38.0 Å². The molecule has 1 amide bonds. The fourth-order valence-electron chi connectivity index (χ4n) is 3.92. The Kier molecular flexibility index (Phi) is 3.40. The lowest BCUT2D eigenvalue weighted by Gasteiger charge is -2.21. The number of carbonyl (C=O) groups excluding carboxylic acids is 1. The zero-order valence-corrected chi connectivity index (χ0v) is 15.3. The van der Waals surface area contributed by atoms with Gasteiger partial charge in [-0.2, -0.15) is 5.10 Å². The summed E-state index contributed by atoms with van der Waals surface area (Å²) in [6.07, 6.45) is 5.60. The van der Waals surface area contributed by atoms with Gasteiger partial charge < -0.3 is 14.8 Å². The largest absolute Gasteiger partial charge is 0.448 e. The maximum Gasteiger partial charge on any atom is 0.257 e. The molecule has 7 nitrogen and oxygen atoms in total. The highest BCUT2D eigenvalue weighted by molar-refractivity contribution is 6.05. The van der Waals surface area contributed by atoms with Gasteiger partial charge in [-0.15, -0.1) is 0 Å². The summed E-state index contributed by atoms with van der Waals surface area (Å²) >= 11 is 0. The van der Waals surface area contributed by atoms with Crippen LogP contribution in [-0.4, -0.2) is 26.5 Å². The number of aromatic nitrogens is 3. The normalized spacial score (nSPS) is 17.0. The summed E-state index contributed by atoms with van der Waals surface area (Å²) in [4.78, 5) is 17.0. The van der Waals surface area contributed by atoms with Crippen LogP contribution in [0.2, 0.25) is 0 Å². The van der Waals surface area contributed by atoms with Crippen LogP contribution < -0.4 is 14.8 Å². The van der Waals surface area contributed by atoms with Crippen molar-refractivity contribution in [1.29, 1.82) is 0 Å². The minimum absolute atomic E-state index is 0.220. The van der Waals surface area contributed by atoms with E-state index in [1.807, 2.05) is 38.2 Å². The van der Waals surface area contributed by atoms with E-state index in [2.05, 4.69) is 15.4 Å². The van der Waals surface area contributed by atoms with E-state index >= 15 is 0 Å². The Balaban J connectivity index is 1.38. The number of hydrogen-bond donors (Lipinski definition) is 1. The van der Waals surface area contributed by atoms with Crippen molar-refractivity contribution in [2.75, 3.05) is 5.32 Å². The number of carbonyl (C=O) groups is 1. The SMILES string of the molecule is Cc1nn(C)c2ncc(C(=O)Nc3ccc4c(c3)OC3(CCCC3)O4)cc12. The first-order chi connectivity index (χ1) is 13.0. The first-order valence-corrected chi connectivity index (χ1v) is 9.16. The number of hydrogen-bond acceptors (Lipinski definition) is 5. The molecule has 0 radical (unpaired) electrons. The van der Waals surface area contributed by atoms with Crippen LogP contribution in [-0.2, 0) is 7.05 Å². The number of aryl methyl sites for hydroxylation is 2. The Labute approximate surface area is 156 Å². The molecular weight excluding hydrogens is 344 g/mol. The van der Waals surface area contributed by atoms with Crippen LogP contribution >= 0.6 is 0 Å². The molecule has 1 aliphatic carbocycles. The number of fused-ring (bicyclic) bond motifs is 2. The molecule has 0 bridgehead atoms. The highest BCUT2D eigenvalue weighted by Crippen LogP contribution is 2.47. The van der Waals surface area contributed by atoms with Gasteiger partial charge in [0.25, 0.3) is 11.7 Å². The summed E-state index contributed by atoms with van der Waals surface area (Å²) in [6.45, 7) is 1.91. The Morgan fingerprint density at radius 3 is 2.78 bits per heavy atom. The summed E-state index contributed by atoms with van der Waals surface area (Å²) in [5.41, 5.74) is 2.76. The zero-order valence-electron chi connectivity index (χ0n) is 15.3. The van der Waals surface area contributed by atoms with Crippen LogP contribution in [0, 0.1) is 6.92 Å². The summed E-state index contributed by atoms with van der Waals surface area (Å²) < 4.78 is 13.8. The average Bonchev–Trinajstić information content (AvgIpc) is 3.33. The fourth-order valence-corrected chi connectivity index (χ4v) is 3.92. The average molecular weight is 364 g/mol. The van der Waals surface area contributed by atoms with Gasteiger partial charge in [0, 0.05) is 43.2 Å². The van der Waals surface area contributed by atoms with E-state index in [9.17, 15) is 4.79 Å². The van der Waals surface area contributed by atoms with E-state index in [1.54, 1.807) is 10.9 Å². The van der Waals surface area contributed by atoms with Crippen molar-refractivity contribution in [3.05, 3.63) is 41.7 Å². The molecule has 1 N–H and O–H groups in total. The van der Waals surface area contributed by atoms with Gasteiger partial charge in [0.05, 0.1) is 11.3 Å². The predicted octanol–water partition coefficient (Wildman–Crippen LogP) is 3.57. The number of benzene rings is 1. The fraction of sp³-hybridized carbons (Fsp3) is 0.350. The monoisotopic (exact) mass is 364 g/mol. The molecule has 1 saturated carbocycles. The third kappa shape index (κ3) is 2.61.